The van der Waals surface area contributed by atoms with Crippen molar-refractivity contribution in [3.63, 3.8) is 0 Å². The van der Waals surface area contributed by atoms with Gasteiger partial charge in [-0.05, 0) is 36.4 Å². The summed E-state index contributed by atoms with van der Waals surface area (Å²) in [6.45, 7) is 3.42. The molecule has 0 heterocycles. The summed E-state index contributed by atoms with van der Waals surface area (Å²) in [6, 6.07) is 5.19. The molecule has 0 aliphatic heterocycles. The van der Waals surface area contributed by atoms with Crippen molar-refractivity contribution in [2.45, 2.75) is 6.42 Å². The molecule has 1 aromatic carbocycles. The smallest absolute Gasteiger partial charge is 0.188 e. The van der Waals surface area contributed by atoms with Crippen molar-refractivity contribution < 1.29 is 23.8 Å². The number of hydrogen-bond donors (Lipinski definition) is 0. The topological polar surface area (TPSA) is 61.8 Å². The Balaban J connectivity index is 2.89. The summed E-state index contributed by atoms with van der Waals surface area (Å²) in [6.07, 6.45) is 3.84. The molecule has 0 amide bonds. The van der Waals surface area contributed by atoms with E-state index in [-0.39, 0.29) is 24.8 Å². The number of benzene rings is 1. The Morgan fingerprint density at radius 2 is 2.00 bits per heavy atom. The summed E-state index contributed by atoms with van der Waals surface area (Å²) in [7, 11) is 3.07. The van der Waals surface area contributed by atoms with E-state index in [0.717, 1.165) is 6.08 Å². The second-order valence-electron chi connectivity index (χ2n) is 4.10. The van der Waals surface area contributed by atoms with Gasteiger partial charge in [-0.15, -0.1) is 0 Å². The molecule has 0 bridgehead atoms. The van der Waals surface area contributed by atoms with Gasteiger partial charge in [0.1, 0.15) is 11.5 Å². The summed E-state index contributed by atoms with van der Waals surface area (Å²) in [5, 5.41) is 0. The maximum absolute atomic E-state index is 11.6. The lowest BCUT2D eigenvalue weighted by Gasteiger charge is -2.09. The van der Waals surface area contributed by atoms with E-state index in [4.69, 9.17) is 14.2 Å². The lowest BCUT2D eigenvalue weighted by molar-refractivity contribution is -0.121. The maximum Gasteiger partial charge on any atom is 0.188 e. The molecule has 1 aromatic rings. The second kappa shape index (κ2) is 8.71. The number of hydrogen-bond acceptors (Lipinski definition) is 5. The van der Waals surface area contributed by atoms with Crippen LogP contribution in [0.4, 0.5) is 0 Å². The van der Waals surface area contributed by atoms with Gasteiger partial charge < -0.3 is 14.2 Å². The molecule has 0 N–H and O–H groups in total. The minimum Gasteiger partial charge on any atom is -0.497 e. The first kappa shape index (κ1) is 16.7. The first-order valence-corrected chi connectivity index (χ1v) is 6.26. The van der Waals surface area contributed by atoms with E-state index in [1.807, 2.05) is 0 Å². The van der Waals surface area contributed by atoms with Crippen molar-refractivity contribution in [3.05, 3.63) is 42.5 Å². The molecule has 0 atom stereocenters. The third-order valence-electron chi connectivity index (χ3n) is 2.57. The Morgan fingerprint density at radius 3 is 2.62 bits per heavy atom. The normalized spacial score (nSPS) is 10.4. The van der Waals surface area contributed by atoms with Crippen LogP contribution in [0.1, 0.15) is 12.0 Å². The minimum absolute atomic E-state index is 0.0933. The van der Waals surface area contributed by atoms with Crippen LogP contribution < -0.4 is 9.47 Å². The predicted octanol–water partition coefficient (Wildman–Crippen LogP) is 2.41. The molecular formula is C16H18O5. The fourth-order valence-corrected chi connectivity index (χ4v) is 1.52. The maximum atomic E-state index is 11.6. The molecule has 0 spiro atoms. The lowest BCUT2D eigenvalue weighted by atomic mass is 10.1. The summed E-state index contributed by atoms with van der Waals surface area (Å²) in [5.41, 5.74) is 0.658. The van der Waals surface area contributed by atoms with Gasteiger partial charge >= 0.3 is 0 Å². The molecular weight excluding hydrogens is 272 g/mol. The Morgan fingerprint density at radius 1 is 1.24 bits per heavy atom. The van der Waals surface area contributed by atoms with Crippen molar-refractivity contribution in [2.24, 2.45) is 0 Å². The summed E-state index contributed by atoms with van der Waals surface area (Å²) < 4.78 is 15.4. The van der Waals surface area contributed by atoms with Crippen molar-refractivity contribution in [1.82, 2.24) is 0 Å². The van der Waals surface area contributed by atoms with E-state index < -0.39 is 0 Å². The van der Waals surface area contributed by atoms with Crippen LogP contribution in [0.2, 0.25) is 0 Å². The highest BCUT2D eigenvalue weighted by Crippen LogP contribution is 2.25. The first-order chi connectivity index (χ1) is 10.1. The number of allylic oxidation sites excluding steroid dienone is 2. The molecule has 5 heteroatoms. The lowest BCUT2D eigenvalue weighted by Crippen LogP contribution is -2.02. The average molecular weight is 290 g/mol. The highest BCUT2D eigenvalue weighted by molar-refractivity contribution is 6.09. The zero-order valence-electron chi connectivity index (χ0n) is 12.1. The van der Waals surface area contributed by atoms with Gasteiger partial charge in [0.05, 0.1) is 13.5 Å². The van der Waals surface area contributed by atoms with Crippen LogP contribution in [0.15, 0.2) is 36.9 Å². The number of carbonyl (C=O) groups excluding carboxylic acids is 2. The molecule has 0 fully saturated rings. The summed E-state index contributed by atoms with van der Waals surface area (Å²) in [4.78, 5) is 22.7. The largest absolute Gasteiger partial charge is 0.497 e. The third-order valence-corrected chi connectivity index (χ3v) is 2.57. The SMILES string of the molecule is C=CC(=O)CC(=O)C=Cc1cc(OC)ccc1OCOC. The average Bonchev–Trinajstić information content (AvgIpc) is 2.50. The van der Waals surface area contributed by atoms with Crippen LogP contribution in [-0.4, -0.2) is 32.6 Å². The number of methoxy groups -OCH3 is 2. The molecule has 0 aromatic heterocycles. The number of rotatable bonds is 9. The van der Waals surface area contributed by atoms with E-state index in [9.17, 15) is 9.59 Å². The molecule has 21 heavy (non-hydrogen) atoms. The van der Waals surface area contributed by atoms with Crippen molar-refractivity contribution >= 4 is 17.6 Å². The summed E-state index contributed by atoms with van der Waals surface area (Å²) >= 11 is 0. The zero-order chi connectivity index (χ0) is 15.7. The van der Waals surface area contributed by atoms with E-state index in [2.05, 4.69) is 6.58 Å². The Kier molecular flexibility index (Phi) is 6.91. The van der Waals surface area contributed by atoms with Gasteiger partial charge in [-0.25, -0.2) is 0 Å². The van der Waals surface area contributed by atoms with Gasteiger partial charge in [0.2, 0.25) is 0 Å². The van der Waals surface area contributed by atoms with E-state index in [1.165, 1.54) is 13.2 Å². The van der Waals surface area contributed by atoms with Crippen LogP contribution in [0.5, 0.6) is 11.5 Å². The number of ketones is 2. The van der Waals surface area contributed by atoms with Crippen molar-refractivity contribution in [1.29, 1.82) is 0 Å². The molecule has 0 radical (unpaired) electrons. The molecule has 5 nitrogen and oxygen atoms in total. The fourth-order valence-electron chi connectivity index (χ4n) is 1.52. The van der Waals surface area contributed by atoms with Gasteiger partial charge in [0, 0.05) is 12.7 Å². The van der Waals surface area contributed by atoms with Gasteiger partial charge in [-0.3, -0.25) is 9.59 Å². The standard InChI is InChI=1S/C16H18O5/c1-4-13(17)10-14(18)6-5-12-9-15(20-3)7-8-16(12)21-11-19-2/h4-9H,1,10-11H2,2-3H3. The molecule has 1 rings (SSSR count). The van der Waals surface area contributed by atoms with Crippen LogP contribution in [-0.2, 0) is 14.3 Å². The quantitative estimate of drug-likeness (QED) is 0.397. The highest BCUT2D eigenvalue weighted by Gasteiger charge is 2.06. The van der Waals surface area contributed by atoms with Crippen molar-refractivity contribution in [2.75, 3.05) is 21.0 Å². The Labute approximate surface area is 123 Å². The van der Waals surface area contributed by atoms with Crippen LogP contribution in [0, 0.1) is 0 Å². The molecule has 112 valence electrons. The summed E-state index contributed by atoms with van der Waals surface area (Å²) in [5.74, 6) is 0.567. The van der Waals surface area contributed by atoms with Gasteiger partial charge in [-0.1, -0.05) is 6.58 Å². The predicted molar refractivity (Wildman–Crippen MR) is 79.4 cm³/mol. The van der Waals surface area contributed by atoms with Crippen LogP contribution in [0.3, 0.4) is 0 Å². The van der Waals surface area contributed by atoms with Crippen LogP contribution >= 0.6 is 0 Å². The minimum atomic E-state index is -0.314. The van der Waals surface area contributed by atoms with Gasteiger partial charge in [-0.2, -0.15) is 0 Å². The van der Waals surface area contributed by atoms with Crippen LogP contribution in [0.25, 0.3) is 6.08 Å². The monoisotopic (exact) mass is 290 g/mol. The molecule has 0 unspecified atom stereocenters. The van der Waals surface area contributed by atoms with E-state index in [0.29, 0.717) is 17.1 Å². The fraction of sp³-hybridized carbons (Fsp3) is 0.250. The Hall–Kier alpha value is -2.40. The van der Waals surface area contributed by atoms with E-state index in [1.54, 1.807) is 31.4 Å². The van der Waals surface area contributed by atoms with Gasteiger partial charge in [0.15, 0.2) is 18.4 Å². The highest BCUT2D eigenvalue weighted by atomic mass is 16.7. The third kappa shape index (κ3) is 5.62. The van der Waals surface area contributed by atoms with Crippen molar-refractivity contribution in [3.8, 4) is 11.5 Å². The Bertz CT molecular complexity index is 546. The van der Waals surface area contributed by atoms with Gasteiger partial charge in [0.25, 0.3) is 0 Å². The zero-order valence-corrected chi connectivity index (χ0v) is 12.1. The first-order valence-electron chi connectivity index (χ1n) is 6.26. The number of carbonyl (C=O) groups is 2. The number of ether oxygens (including phenoxy) is 3. The second-order valence-corrected chi connectivity index (χ2v) is 4.10. The molecule has 0 aliphatic rings. The van der Waals surface area contributed by atoms with E-state index >= 15 is 0 Å². The molecule has 0 saturated carbocycles. The molecule has 0 saturated heterocycles. The molecule has 0 aliphatic carbocycles.